The van der Waals surface area contributed by atoms with Gasteiger partial charge < -0.3 is 5.11 Å². The average molecular weight is 238 g/mol. The van der Waals surface area contributed by atoms with Gasteiger partial charge >= 0.3 is 5.97 Å². The Balaban J connectivity index is 1.77. The van der Waals surface area contributed by atoms with Crippen LogP contribution in [0.2, 0.25) is 0 Å². The van der Waals surface area contributed by atoms with Gasteiger partial charge in [-0.25, -0.2) is 4.79 Å². The van der Waals surface area contributed by atoms with E-state index in [0.717, 1.165) is 6.42 Å². The Hall–Kier alpha value is -2.09. The standard InChI is InChI=1S/C16H14O2/c17-16(18)13-8-6-12(7-9-13)15-10-14(15)11-4-2-1-3-5-11/h1-9,14-15H,10H2,(H,17,18). The second-order valence-corrected chi connectivity index (χ2v) is 4.79. The summed E-state index contributed by atoms with van der Waals surface area (Å²) in [5, 5.41) is 8.86. The van der Waals surface area contributed by atoms with Gasteiger partial charge in [-0.05, 0) is 41.5 Å². The lowest BCUT2D eigenvalue weighted by Gasteiger charge is -2.02. The first kappa shape index (κ1) is 11.0. The SMILES string of the molecule is O=C(O)c1ccc(C2CC2c2ccccc2)cc1. The van der Waals surface area contributed by atoms with Crippen molar-refractivity contribution in [3.63, 3.8) is 0 Å². The molecule has 0 spiro atoms. The van der Waals surface area contributed by atoms with E-state index in [4.69, 9.17) is 5.11 Å². The summed E-state index contributed by atoms with van der Waals surface area (Å²) in [6, 6.07) is 17.8. The van der Waals surface area contributed by atoms with E-state index >= 15 is 0 Å². The third-order valence-electron chi connectivity index (χ3n) is 3.60. The summed E-state index contributed by atoms with van der Waals surface area (Å²) in [7, 11) is 0. The Morgan fingerprint density at radius 1 is 0.889 bits per heavy atom. The lowest BCUT2D eigenvalue weighted by molar-refractivity contribution is 0.0697. The number of carboxylic acid groups (broad SMARTS) is 1. The Kier molecular flexibility index (Phi) is 2.63. The van der Waals surface area contributed by atoms with Gasteiger partial charge in [0.25, 0.3) is 0 Å². The van der Waals surface area contributed by atoms with Crippen molar-refractivity contribution in [1.82, 2.24) is 0 Å². The van der Waals surface area contributed by atoms with Crippen LogP contribution in [0.3, 0.4) is 0 Å². The van der Waals surface area contributed by atoms with Gasteiger partial charge in [0, 0.05) is 0 Å². The van der Waals surface area contributed by atoms with Crippen LogP contribution < -0.4 is 0 Å². The smallest absolute Gasteiger partial charge is 0.335 e. The number of carboxylic acids is 1. The Morgan fingerprint density at radius 2 is 1.44 bits per heavy atom. The highest BCUT2D eigenvalue weighted by Gasteiger charge is 2.39. The number of rotatable bonds is 3. The summed E-state index contributed by atoms with van der Waals surface area (Å²) in [6.07, 6.45) is 1.16. The summed E-state index contributed by atoms with van der Waals surface area (Å²) in [6.45, 7) is 0. The van der Waals surface area contributed by atoms with E-state index in [1.165, 1.54) is 11.1 Å². The number of hydrogen-bond donors (Lipinski definition) is 1. The summed E-state index contributed by atoms with van der Waals surface area (Å²) < 4.78 is 0. The zero-order valence-corrected chi connectivity index (χ0v) is 9.91. The molecule has 2 aromatic rings. The molecule has 2 unspecified atom stereocenters. The van der Waals surface area contributed by atoms with Gasteiger partial charge in [0.2, 0.25) is 0 Å². The number of hydrogen-bond acceptors (Lipinski definition) is 1. The minimum absolute atomic E-state index is 0.357. The first-order valence-electron chi connectivity index (χ1n) is 6.14. The first-order valence-corrected chi connectivity index (χ1v) is 6.14. The molecule has 1 fully saturated rings. The second-order valence-electron chi connectivity index (χ2n) is 4.79. The molecule has 0 radical (unpaired) electrons. The van der Waals surface area contributed by atoms with Gasteiger partial charge in [-0.2, -0.15) is 0 Å². The molecule has 1 N–H and O–H groups in total. The first-order chi connectivity index (χ1) is 8.75. The summed E-state index contributed by atoms with van der Waals surface area (Å²) in [4.78, 5) is 10.8. The van der Waals surface area contributed by atoms with Crippen LogP contribution in [-0.2, 0) is 0 Å². The van der Waals surface area contributed by atoms with E-state index in [1.54, 1.807) is 12.1 Å². The molecule has 1 saturated carbocycles. The van der Waals surface area contributed by atoms with Crippen LogP contribution in [0.15, 0.2) is 54.6 Å². The van der Waals surface area contributed by atoms with Crippen molar-refractivity contribution in [1.29, 1.82) is 0 Å². The average Bonchev–Trinajstić information content (AvgIpc) is 3.20. The molecule has 0 bridgehead atoms. The van der Waals surface area contributed by atoms with Gasteiger partial charge in [0.1, 0.15) is 0 Å². The van der Waals surface area contributed by atoms with Gasteiger partial charge in [-0.15, -0.1) is 0 Å². The predicted molar refractivity (Wildman–Crippen MR) is 69.9 cm³/mol. The fourth-order valence-electron chi connectivity index (χ4n) is 2.50. The summed E-state index contributed by atoms with van der Waals surface area (Å²) in [5.41, 5.74) is 2.98. The molecule has 18 heavy (non-hydrogen) atoms. The highest BCUT2D eigenvalue weighted by atomic mass is 16.4. The third kappa shape index (κ3) is 2.02. The Morgan fingerprint density at radius 3 is 2.00 bits per heavy atom. The van der Waals surface area contributed by atoms with E-state index in [9.17, 15) is 4.79 Å². The minimum atomic E-state index is -0.864. The van der Waals surface area contributed by atoms with Crippen LogP contribution in [-0.4, -0.2) is 11.1 Å². The third-order valence-corrected chi connectivity index (χ3v) is 3.60. The minimum Gasteiger partial charge on any atom is -0.478 e. The fraction of sp³-hybridized carbons (Fsp3) is 0.188. The van der Waals surface area contributed by atoms with E-state index in [2.05, 4.69) is 24.3 Å². The number of aromatic carboxylic acids is 1. The van der Waals surface area contributed by atoms with Crippen molar-refractivity contribution >= 4 is 5.97 Å². The summed E-state index contributed by atoms with van der Waals surface area (Å²) in [5.74, 6) is 0.286. The zero-order valence-electron chi connectivity index (χ0n) is 9.91. The lowest BCUT2D eigenvalue weighted by atomic mass is 10.0. The van der Waals surface area contributed by atoms with Crippen LogP contribution in [0, 0.1) is 0 Å². The summed E-state index contributed by atoms with van der Waals surface area (Å²) >= 11 is 0. The quantitative estimate of drug-likeness (QED) is 0.886. The molecular weight excluding hydrogens is 224 g/mol. The van der Waals surface area contributed by atoms with Crippen molar-refractivity contribution in [3.8, 4) is 0 Å². The fourth-order valence-corrected chi connectivity index (χ4v) is 2.50. The van der Waals surface area contributed by atoms with Crippen LogP contribution in [0.4, 0.5) is 0 Å². The largest absolute Gasteiger partial charge is 0.478 e. The lowest BCUT2D eigenvalue weighted by Crippen LogP contribution is -1.95. The van der Waals surface area contributed by atoms with Gasteiger partial charge in [-0.1, -0.05) is 42.5 Å². The molecule has 2 nitrogen and oxygen atoms in total. The maximum atomic E-state index is 10.8. The van der Waals surface area contributed by atoms with Crippen molar-refractivity contribution in [2.24, 2.45) is 0 Å². The molecule has 0 heterocycles. The highest BCUT2D eigenvalue weighted by molar-refractivity contribution is 5.87. The molecule has 0 amide bonds. The van der Waals surface area contributed by atoms with Crippen LogP contribution >= 0.6 is 0 Å². The molecule has 0 saturated heterocycles. The van der Waals surface area contributed by atoms with E-state index in [0.29, 0.717) is 17.4 Å². The molecule has 3 rings (SSSR count). The van der Waals surface area contributed by atoms with Crippen LogP contribution in [0.5, 0.6) is 0 Å². The molecule has 2 heteroatoms. The van der Waals surface area contributed by atoms with Crippen molar-refractivity contribution in [2.75, 3.05) is 0 Å². The molecule has 90 valence electrons. The van der Waals surface area contributed by atoms with Gasteiger partial charge in [0.05, 0.1) is 5.56 Å². The Labute approximate surface area is 106 Å². The van der Waals surface area contributed by atoms with Gasteiger partial charge in [0.15, 0.2) is 0 Å². The van der Waals surface area contributed by atoms with Crippen molar-refractivity contribution < 1.29 is 9.90 Å². The topological polar surface area (TPSA) is 37.3 Å². The monoisotopic (exact) mass is 238 g/mol. The predicted octanol–water partition coefficient (Wildman–Crippen LogP) is 3.66. The van der Waals surface area contributed by atoms with Gasteiger partial charge in [-0.3, -0.25) is 0 Å². The molecule has 0 aliphatic heterocycles. The van der Waals surface area contributed by atoms with Crippen LogP contribution in [0.1, 0.15) is 39.7 Å². The molecule has 1 aliphatic carbocycles. The number of carbonyl (C=O) groups is 1. The highest BCUT2D eigenvalue weighted by Crippen LogP contribution is 2.54. The van der Waals surface area contributed by atoms with E-state index in [-0.39, 0.29) is 0 Å². The van der Waals surface area contributed by atoms with Crippen molar-refractivity contribution in [2.45, 2.75) is 18.3 Å². The van der Waals surface area contributed by atoms with E-state index < -0.39 is 5.97 Å². The Bertz CT molecular complexity index is 557. The maximum absolute atomic E-state index is 10.8. The zero-order chi connectivity index (χ0) is 12.5. The molecule has 0 aromatic heterocycles. The maximum Gasteiger partial charge on any atom is 0.335 e. The second kappa shape index (κ2) is 4.30. The van der Waals surface area contributed by atoms with Crippen LogP contribution in [0.25, 0.3) is 0 Å². The molecule has 1 aliphatic rings. The number of benzene rings is 2. The van der Waals surface area contributed by atoms with Crippen molar-refractivity contribution in [3.05, 3.63) is 71.3 Å². The van der Waals surface area contributed by atoms with E-state index in [1.807, 2.05) is 18.2 Å². The molecule has 2 aromatic carbocycles. The normalized spacial score (nSPS) is 21.6. The molecule has 2 atom stereocenters. The molecular formula is C16H14O2.